The Morgan fingerprint density at radius 3 is 2.92 bits per heavy atom. The molecule has 4 rings (SSSR count). The molecule has 2 aliphatic rings. The third-order valence-electron chi connectivity index (χ3n) is 5.15. The van der Waals surface area contributed by atoms with Gasteiger partial charge in [-0.15, -0.1) is 0 Å². The van der Waals surface area contributed by atoms with E-state index in [9.17, 15) is 0 Å². The van der Waals surface area contributed by atoms with Gasteiger partial charge >= 0.3 is 0 Å². The Morgan fingerprint density at radius 1 is 1.31 bits per heavy atom. The maximum absolute atomic E-state index is 5.94. The van der Waals surface area contributed by atoms with Crippen LogP contribution in [0, 0.1) is 0 Å². The van der Waals surface area contributed by atoms with Gasteiger partial charge < -0.3 is 19.9 Å². The topological polar surface area (TPSA) is 63.5 Å². The summed E-state index contributed by atoms with van der Waals surface area (Å²) in [7, 11) is 0. The summed E-state index contributed by atoms with van der Waals surface area (Å²) in [6, 6.07) is 10.8. The van der Waals surface area contributed by atoms with Crippen LogP contribution in [-0.4, -0.2) is 40.3 Å². The van der Waals surface area contributed by atoms with Crippen LogP contribution in [0.3, 0.4) is 0 Å². The highest BCUT2D eigenvalue weighted by atomic mass is 16.5. The molecule has 3 heterocycles. The number of nitrogens with one attached hydrogen (secondary N) is 2. The van der Waals surface area contributed by atoms with Gasteiger partial charge in [-0.1, -0.05) is 30.3 Å². The number of nitrogens with zero attached hydrogens (tertiary/aromatic N) is 3. The summed E-state index contributed by atoms with van der Waals surface area (Å²) in [6.07, 6.45) is 8.07. The third kappa shape index (κ3) is 3.90. The predicted octanol–water partition coefficient (Wildman–Crippen LogP) is 2.31. The van der Waals surface area contributed by atoms with E-state index in [1.165, 1.54) is 12.0 Å². The van der Waals surface area contributed by atoms with Gasteiger partial charge in [-0.2, -0.15) is 0 Å². The van der Waals surface area contributed by atoms with Crippen LogP contribution in [-0.2, 0) is 17.8 Å². The summed E-state index contributed by atoms with van der Waals surface area (Å²) in [5, 5.41) is 6.90. The highest BCUT2D eigenvalue weighted by Gasteiger charge is 2.41. The summed E-state index contributed by atoms with van der Waals surface area (Å²) in [6.45, 7) is 4.30. The SMILES string of the molecule is CCNC(=NCc1nccn1Cc1ccccc1)NC1CC2CCC1O2. The van der Waals surface area contributed by atoms with Crippen LogP contribution in [0.1, 0.15) is 37.6 Å². The molecule has 2 aliphatic heterocycles. The highest BCUT2D eigenvalue weighted by molar-refractivity contribution is 5.80. The van der Waals surface area contributed by atoms with Crippen molar-refractivity contribution in [1.82, 2.24) is 20.2 Å². The van der Waals surface area contributed by atoms with Crippen LogP contribution in [0.4, 0.5) is 0 Å². The number of guanidine groups is 1. The van der Waals surface area contributed by atoms with Gasteiger partial charge in [0.05, 0.1) is 18.2 Å². The van der Waals surface area contributed by atoms with Crippen molar-refractivity contribution in [2.75, 3.05) is 6.54 Å². The highest BCUT2D eigenvalue weighted by Crippen LogP contribution is 2.34. The summed E-state index contributed by atoms with van der Waals surface area (Å²) >= 11 is 0. The van der Waals surface area contributed by atoms with Crippen LogP contribution in [0.5, 0.6) is 0 Å². The minimum atomic E-state index is 0.337. The number of hydrogen-bond acceptors (Lipinski definition) is 3. The molecule has 26 heavy (non-hydrogen) atoms. The molecule has 3 atom stereocenters. The first-order valence-corrected chi connectivity index (χ1v) is 9.56. The Kier molecular flexibility index (Phi) is 5.20. The fourth-order valence-electron chi connectivity index (χ4n) is 3.85. The molecule has 3 unspecified atom stereocenters. The molecule has 2 fully saturated rings. The summed E-state index contributed by atoms with van der Waals surface area (Å²) in [5.74, 6) is 1.82. The van der Waals surface area contributed by atoms with Crippen molar-refractivity contribution in [1.29, 1.82) is 0 Å². The molecule has 6 heteroatoms. The van der Waals surface area contributed by atoms with E-state index in [2.05, 4.69) is 51.4 Å². The third-order valence-corrected chi connectivity index (χ3v) is 5.15. The second-order valence-corrected chi connectivity index (χ2v) is 7.01. The van der Waals surface area contributed by atoms with Crippen LogP contribution in [0.15, 0.2) is 47.7 Å². The Morgan fingerprint density at radius 2 is 2.19 bits per heavy atom. The van der Waals surface area contributed by atoms with Crippen LogP contribution in [0.25, 0.3) is 0 Å². The van der Waals surface area contributed by atoms with E-state index in [0.29, 0.717) is 24.8 Å². The van der Waals surface area contributed by atoms with E-state index in [0.717, 1.165) is 37.7 Å². The number of imidazole rings is 1. The van der Waals surface area contributed by atoms with E-state index in [-0.39, 0.29) is 0 Å². The van der Waals surface area contributed by atoms with Crippen molar-refractivity contribution in [3.8, 4) is 0 Å². The predicted molar refractivity (Wildman–Crippen MR) is 102 cm³/mol. The van der Waals surface area contributed by atoms with Gasteiger partial charge in [0.1, 0.15) is 12.4 Å². The van der Waals surface area contributed by atoms with Crippen LogP contribution in [0.2, 0.25) is 0 Å². The molecule has 0 spiro atoms. The Labute approximate surface area is 154 Å². The zero-order valence-electron chi connectivity index (χ0n) is 15.3. The largest absolute Gasteiger partial charge is 0.373 e. The summed E-state index contributed by atoms with van der Waals surface area (Å²) in [5.41, 5.74) is 1.26. The normalized spacial score (nSPS) is 24.8. The van der Waals surface area contributed by atoms with Gasteiger partial charge in [-0.3, -0.25) is 0 Å². The zero-order valence-corrected chi connectivity index (χ0v) is 15.3. The van der Waals surface area contributed by atoms with E-state index < -0.39 is 0 Å². The lowest BCUT2D eigenvalue weighted by atomic mass is 9.96. The monoisotopic (exact) mass is 353 g/mol. The van der Waals surface area contributed by atoms with Crippen molar-refractivity contribution >= 4 is 5.96 Å². The van der Waals surface area contributed by atoms with Crippen molar-refractivity contribution in [2.24, 2.45) is 4.99 Å². The van der Waals surface area contributed by atoms with Crippen molar-refractivity contribution in [3.05, 3.63) is 54.1 Å². The second kappa shape index (κ2) is 7.91. The average Bonchev–Trinajstić information content (AvgIpc) is 3.38. The summed E-state index contributed by atoms with van der Waals surface area (Å²) < 4.78 is 8.09. The maximum atomic E-state index is 5.94. The maximum Gasteiger partial charge on any atom is 0.192 e. The fourth-order valence-corrected chi connectivity index (χ4v) is 3.85. The Bertz CT molecular complexity index is 742. The first-order chi connectivity index (χ1) is 12.8. The minimum absolute atomic E-state index is 0.337. The summed E-state index contributed by atoms with van der Waals surface area (Å²) in [4.78, 5) is 9.25. The molecule has 1 aromatic heterocycles. The molecule has 2 N–H and O–H groups in total. The lowest BCUT2D eigenvalue weighted by molar-refractivity contribution is 0.0992. The van der Waals surface area contributed by atoms with Gasteiger partial charge in [0.15, 0.2) is 5.96 Å². The number of aromatic nitrogens is 2. The smallest absolute Gasteiger partial charge is 0.192 e. The number of aliphatic imine (C=N–C) groups is 1. The molecule has 0 aliphatic carbocycles. The molecule has 2 saturated heterocycles. The van der Waals surface area contributed by atoms with Crippen molar-refractivity contribution in [3.63, 3.8) is 0 Å². The standard InChI is InChI=1S/C20H27N5O/c1-2-21-20(24-17-12-16-8-9-18(17)26-16)23-13-19-22-10-11-25(19)14-15-6-4-3-5-7-15/h3-7,10-11,16-18H,2,8-9,12-14H2,1H3,(H2,21,23,24). The molecular weight excluding hydrogens is 326 g/mol. The van der Waals surface area contributed by atoms with Crippen LogP contribution >= 0.6 is 0 Å². The molecule has 2 bridgehead atoms. The average molecular weight is 353 g/mol. The second-order valence-electron chi connectivity index (χ2n) is 7.01. The van der Waals surface area contributed by atoms with Crippen LogP contribution < -0.4 is 10.6 Å². The molecule has 0 amide bonds. The number of fused-ring (bicyclic) bond motifs is 2. The van der Waals surface area contributed by atoms with E-state index >= 15 is 0 Å². The quantitative estimate of drug-likeness (QED) is 0.618. The molecular formula is C20H27N5O. The fraction of sp³-hybridized carbons (Fsp3) is 0.500. The zero-order chi connectivity index (χ0) is 17.8. The molecule has 0 radical (unpaired) electrons. The van der Waals surface area contributed by atoms with E-state index in [1.807, 2.05) is 18.5 Å². The minimum Gasteiger partial charge on any atom is -0.373 e. The van der Waals surface area contributed by atoms with Gasteiger partial charge in [-0.25, -0.2) is 9.98 Å². The number of ether oxygens (including phenoxy) is 1. The first-order valence-electron chi connectivity index (χ1n) is 9.56. The lowest BCUT2D eigenvalue weighted by Crippen LogP contribution is -2.47. The number of benzene rings is 1. The van der Waals surface area contributed by atoms with Crippen molar-refractivity contribution in [2.45, 2.75) is 57.5 Å². The number of rotatable bonds is 6. The Hall–Kier alpha value is -2.34. The molecule has 6 nitrogen and oxygen atoms in total. The van der Waals surface area contributed by atoms with Gasteiger partial charge in [0.2, 0.25) is 0 Å². The number of hydrogen-bond donors (Lipinski definition) is 2. The lowest BCUT2D eigenvalue weighted by Gasteiger charge is -2.22. The van der Waals surface area contributed by atoms with E-state index in [4.69, 9.17) is 9.73 Å². The van der Waals surface area contributed by atoms with Gasteiger partial charge in [-0.05, 0) is 31.7 Å². The first kappa shape index (κ1) is 17.1. The van der Waals surface area contributed by atoms with E-state index in [1.54, 1.807) is 0 Å². The molecule has 1 aromatic carbocycles. The Balaban J connectivity index is 1.41. The molecule has 0 saturated carbocycles. The van der Waals surface area contributed by atoms with Gasteiger partial charge in [0, 0.05) is 25.5 Å². The van der Waals surface area contributed by atoms with Gasteiger partial charge in [0.25, 0.3) is 0 Å². The molecule has 138 valence electrons. The molecule has 2 aromatic rings. The van der Waals surface area contributed by atoms with Crippen molar-refractivity contribution < 1.29 is 4.74 Å².